The first-order valence-corrected chi connectivity index (χ1v) is 9.00. The van der Waals surface area contributed by atoms with Crippen molar-refractivity contribution in [3.05, 3.63) is 33.8 Å². The number of nitrogens with two attached hydrogens (primary N) is 1. The fourth-order valence-electron chi connectivity index (χ4n) is 3.49. The van der Waals surface area contributed by atoms with Crippen LogP contribution in [0, 0.1) is 5.92 Å². The molecule has 2 N–H and O–H groups in total. The first kappa shape index (κ1) is 17.5. The van der Waals surface area contributed by atoms with Crippen molar-refractivity contribution in [2.24, 2.45) is 11.7 Å². The summed E-state index contributed by atoms with van der Waals surface area (Å²) in [4.78, 5) is 28.7. The van der Waals surface area contributed by atoms with Crippen molar-refractivity contribution in [3.8, 4) is 0 Å². The zero-order valence-electron chi connectivity index (χ0n) is 13.4. The lowest BCUT2D eigenvalue weighted by Crippen LogP contribution is -2.52. The van der Waals surface area contributed by atoms with Gasteiger partial charge in [0.05, 0.1) is 15.6 Å². The Morgan fingerprint density at radius 3 is 2.12 bits per heavy atom. The maximum atomic E-state index is 12.7. The Morgan fingerprint density at radius 1 is 1.00 bits per heavy atom. The van der Waals surface area contributed by atoms with Crippen LogP contribution in [0.2, 0.25) is 10.0 Å². The molecule has 1 aromatic carbocycles. The number of nitrogens with zero attached hydrogens (tertiary/aromatic N) is 2. The third-order valence-electron chi connectivity index (χ3n) is 4.88. The van der Waals surface area contributed by atoms with Crippen molar-refractivity contribution < 1.29 is 9.59 Å². The van der Waals surface area contributed by atoms with Gasteiger partial charge in [0.1, 0.15) is 0 Å². The minimum absolute atomic E-state index is 0.0419. The highest BCUT2D eigenvalue weighted by molar-refractivity contribution is 6.39. The Balaban J connectivity index is 1.61. The maximum absolute atomic E-state index is 12.7. The van der Waals surface area contributed by atoms with Gasteiger partial charge in [-0.05, 0) is 31.4 Å². The van der Waals surface area contributed by atoms with E-state index in [1.165, 1.54) is 0 Å². The largest absolute Gasteiger partial charge is 0.339 e. The summed E-state index contributed by atoms with van der Waals surface area (Å²) in [5.74, 6) is 0.0340. The number of hydrogen-bond acceptors (Lipinski definition) is 3. The second-order valence-electron chi connectivity index (χ2n) is 6.48. The lowest BCUT2D eigenvalue weighted by Gasteiger charge is -2.36. The van der Waals surface area contributed by atoms with Gasteiger partial charge in [-0.25, -0.2) is 0 Å². The summed E-state index contributed by atoms with van der Waals surface area (Å²) in [6.07, 6.45) is 2.56. The van der Waals surface area contributed by atoms with Crippen LogP contribution >= 0.6 is 23.2 Å². The van der Waals surface area contributed by atoms with Crippen LogP contribution in [0.4, 0.5) is 0 Å². The second kappa shape index (κ2) is 7.30. The zero-order chi connectivity index (χ0) is 17.3. The van der Waals surface area contributed by atoms with E-state index in [1.54, 1.807) is 23.1 Å². The van der Waals surface area contributed by atoms with Gasteiger partial charge >= 0.3 is 0 Å². The van der Waals surface area contributed by atoms with Crippen molar-refractivity contribution in [1.29, 1.82) is 0 Å². The number of hydrogen-bond donors (Lipinski definition) is 1. The van der Waals surface area contributed by atoms with Crippen molar-refractivity contribution in [3.63, 3.8) is 0 Å². The van der Waals surface area contributed by atoms with Crippen molar-refractivity contribution >= 4 is 35.0 Å². The monoisotopic (exact) mass is 369 g/mol. The lowest BCUT2D eigenvalue weighted by atomic mass is 10.1. The number of carbonyl (C=O) groups is 2. The van der Waals surface area contributed by atoms with Gasteiger partial charge in [0, 0.05) is 38.1 Å². The minimum atomic E-state index is -0.180. The molecule has 1 saturated carbocycles. The normalized spacial score (nSPS) is 24.3. The molecule has 2 fully saturated rings. The highest BCUT2D eigenvalue weighted by atomic mass is 35.5. The summed E-state index contributed by atoms with van der Waals surface area (Å²) in [6.45, 7) is 2.06. The first-order valence-electron chi connectivity index (χ1n) is 8.25. The Hall–Kier alpha value is -1.30. The molecule has 24 heavy (non-hydrogen) atoms. The molecule has 1 aromatic rings. The van der Waals surface area contributed by atoms with E-state index in [0.29, 0.717) is 41.8 Å². The van der Waals surface area contributed by atoms with Crippen LogP contribution in [0.5, 0.6) is 0 Å². The molecule has 1 aliphatic heterocycles. The van der Waals surface area contributed by atoms with E-state index in [-0.39, 0.29) is 23.8 Å². The number of benzene rings is 1. The number of halogens is 2. The van der Waals surface area contributed by atoms with E-state index >= 15 is 0 Å². The Morgan fingerprint density at radius 2 is 1.58 bits per heavy atom. The topological polar surface area (TPSA) is 66.6 Å². The minimum Gasteiger partial charge on any atom is -0.339 e. The van der Waals surface area contributed by atoms with Gasteiger partial charge in [0.15, 0.2) is 0 Å². The summed E-state index contributed by atoms with van der Waals surface area (Å²) in [5.41, 5.74) is 6.23. The molecule has 2 atom stereocenters. The van der Waals surface area contributed by atoms with Gasteiger partial charge in [-0.1, -0.05) is 29.3 Å². The molecule has 1 heterocycles. The van der Waals surface area contributed by atoms with Crippen LogP contribution in [0.3, 0.4) is 0 Å². The number of amides is 2. The van der Waals surface area contributed by atoms with E-state index in [4.69, 9.17) is 28.9 Å². The molecule has 0 radical (unpaired) electrons. The predicted molar refractivity (Wildman–Crippen MR) is 94.3 cm³/mol. The molecule has 130 valence electrons. The molecule has 0 aromatic heterocycles. The van der Waals surface area contributed by atoms with Crippen LogP contribution in [0.1, 0.15) is 29.6 Å². The predicted octanol–water partition coefficient (Wildman–Crippen LogP) is 2.41. The number of rotatable bonds is 2. The molecular weight excluding hydrogens is 349 g/mol. The first-order chi connectivity index (χ1) is 11.5. The average molecular weight is 370 g/mol. The quantitative estimate of drug-likeness (QED) is 0.870. The molecule has 3 rings (SSSR count). The standard InChI is InChI=1S/C17H21Cl2N3O2/c18-13-2-1-3-14(19)15(13)17(24)22-8-6-21(7-9-22)16(23)11-4-5-12(20)10-11/h1-3,11-12H,4-10,20H2. The molecule has 1 aliphatic carbocycles. The maximum Gasteiger partial charge on any atom is 0.257 e. The molecular formula is C17H21Cl2N3O2. The van der Waals surface area contributed by atoms with Crippen LogP contribution in [-0.4, -0.2) is 53.8 Å². The fraction of sp³-hybridized carbons (Fsp3) is 0.529. The Kier molecular flexibility index (Phi) is 5.33. The van der Waals surface area contributed by atoms with Gasteiger partial charge in [-0.3, -0.25) is 9.59 Å². The zero-order valence-corrected chi connectivity index (χ0v) is 14.9. The molecule has 2 aliphatic rings. The highest BCUT2D eigenvalue weighted by Gasteiger charge is 2.33. The summed E-state index contributed by atoms with van der Waals surface area (Å²) in [5, 5.41) is 0.705. The van der Waals surface area contributed by atoms with Crippen molar-refractivity contribution in [1.82, 2.24) is 9.80 Å². The van der Waals surface area contributed by atoms with E-state index in [2.05, 4.69) is 0 Å². The Labute approximate surface area is 151 Å². The summed E-state index contributed by atoms with van der Waals surface area (Å²) in [7, 11) is 0. The summed E-state index contributed by atoms with van der Waals surface area (Å²) in [6, 6.07) is 5.17. The molecule has 2 amide bonds. The molecule has 0 bridgehead atoms. The average Bonchev–Trinajstić information content (AvgIpc) is 3.00. The van der Waals surface area contributed by atoms with Crippen LogP contribution in [0.25, 0.3) is 0 Å². The third kappa shape index (κ3) is 3.53. The van der Waals surface area contributed by atoms with Gasteiger partial charge < -0.3 is 15.5 Å². The third-order valence-corrected chi connectivity index (χ3v) is 5.51. The summed E-state index contributed by atoms with van der Waals surface area (Å²) >= 11 is 12.2. The van der Waals surface area contributed by atoms with Gasteiger partial charge in [0.2, 0.25) is 5.91 Å². The molecule has 1 saturated heterocycles. The van der Waals surface area contributed by atoms with Gasteiger partial charge in [-0.2, -0.15) is 0 Å². The number of carbonyl (C=O) groups excluding carboxylic acids is 2. The lowest BCUT2D eigenvalue weighted by molar-refractivity contribution is -0.136. The van der Waals surface area contributed by atoms with Gasteiger partial charge in [-0.15, -0.1) is 0 Å². The van der Waals surface area contributed by atoms with E-state index < -0.39 is 0 Å². The smallest absolute Gasteiger partial charge is 0.257 e. The van der Waals surface area contributed by atoms with Crippen molar-refractivity contribution in [2.75, 3.05) is 26.2 Å². The molecule has 2 unspecified atom stereocenters. The fourth-order valence-corrected chi connectivity index (χ4v) is 4.05. The van der Waals surface area contributed by atoms with Crippen molar-refractivity contribution in [2.45, 2.75) is 25.3 Å². The number of piperazine rings is 1. The second-order valence-corrected chi connectivity index (χ2v) is 7.30. The van der Waals surface area contributed by atoms with Crippen LogP contribution < -0.4 is 5.73 Å². The van der Waals surface area contributed by atoms with Crippen LogP contribution in [-0.2, 0) is 4.79 Å². The van der Waals surface area contributed by atoms with E-state index in [0.717, 1.165) is 19.3 Å². The van der Waals surface area contributed by atoms with E-state index in [9.17, 15) is 9.59 Å². The van der Waals surface area contributed by atoms with Gasteiger partial charge in [0.25, 0.3) is 5.91 Å². The molecule has 5 nitrogen and oxygen atoms in total. The summed E-state index contributed by atoms with van der Waals surface area (Å²) < 4.78 is 0. The molecule has 7 heteroatoms. The van der Waals surface area contributed by atoms with E-state index in [1.807, 2.05) is 4.90 Å². The SMILES string of the molecule is NC1CCC(C(=O)N2CCN(C(=O)c3c(Cl)cccc3Cl)CC2)C1. The highest BCUT2D eigenvalue weighted by Crippen LogP contribution is 2.28. The Bertz CT molecular complexity index is 624. The van der Waals surface area contributed by atoms with Crippen LogP contribution in [0.15, 0.2) is 18.2 Å². The molecule has 0 spiro atoms.